The van der Waals surface area contributed by atoms with Gasteiger partial charge >= 0.3 is 0 Å². The first-order valence-corrected chi connectivity index (χ1v) is 6.59. The van der Waals surface area contributed by atoms with E-state index in [9.17, 15) is 0 Å². The molecule has 1 saturated heterocycles. The van der Waals surface area contributed by atoms with Gasteiger partial charge in [0, 0.05) is 46.4 Å². The van der Waals surface area contributed by atoms with E-state index in [0.717, 1.165) is 26.2 Å². The second kappa shape index (κ2) is 7.31. The van der Waals surface area contributed by atoms with E-state index in [0.29, 0.717) is 12.0 Å². The number of rotatable bonds is 7. The van der Waals surface area contributed by atoms with Crippen LogP contribution in [0.3, 0.4) is 0 Å². The molecule has 3 unspecified atom stereocenters. The molecule has 0 aromatic rings. The average Bonchev–Trinajstić information content (AvgIpc) is 2.71. The molecule has 0 amide bonds. The van der Waals surface area contributed by atoms with Gasteiger partial charge in [-0.25, -0.2) is 0 Å². The fraction of sp³-hybridized carbons (Fsp3) is 1.00. The summed E-state index contributed by atoms with van der Waals surface area (Å²) in [4.78, 5) is 2.41. The standard InChI is InChI=1S/C13H28N2O2/c1-10(2)11(3)14-6-7-15-8-12(16-4)13(9-15)17-5/h10-14H,6-9H2,1-5H3. The molecule has 1 N–H and O–H groups in total. The molecule has 0 radical (unpaired) electrons. The maximum Gasteiger partial charge on any atom is 0.0971 e. The lowest BCUT2D eigenvalue weighted by atomic mass is 10.1. The van der Waals surface area contributed by atoms with E-state index in [-0.39, 0.29) is 12.2 Å². The van der Waals surface area contributed by atoms with E-state index < -0.39 is 0 Å². The summed E-state index contributed by atoms with van der Waals surface area (Å²) < 4.78 is 10.8. The molecule has 1 heterocycles. The van der Waals surface area contributed by atoms with Crippen LogP contribution in [0.5, 0.6) is 0 Å². The smallest absolute Gasteiger partial charge is 0.0971 e. The van der Waals surface area contributed by atoms with Crippen molar-refractivity contribution in [1.82, 2.24) is 10.2 Å². The van der Waals surface area contributed by atoms with Gasteiger partial charge in [0.05, 0.1) is 12.2 Å². The molecule has 0 aromatic carbocycles. The predicted octanol–water partition coefficient (Wildman–Crippen LogP) is 0.966. The molecule has 0 aromatic heterocycles. The number of hydrogen-bond donors (Lipinski definition) is 1. The van der Waals surface area contributed by atoms with Crippen LogP contribution >= 0.6 is 0 Å². The third-order valence-electron chi connectivity index (χ3n) is 3.79. The molecule has 4 nitrogen and oxygen atoms in total. The van der Waals surface area contributed by atoms with Gasteiger partial charge < -0.3 is 14.8 Å². The maximum atomic E-state index is 5.42. The Balaban J connectivity index is 2.21. The SMILES string of the molecule is COC1CN(CCNC(C)C(C)C)CC1OC. The van der Waals surface area contributed by atoms with Gasteiger partial charge in [-0.3, -0.25) is 4.90 Å². The zero-order chi connectivity index (χ0) is 12.8. The summed E-state index contributed by atoms with van der Waals surface area (Å²) in [6.45, 7) is 10.8. The van der Waals surface area contributed by atoms with Crippen LogP contribution in [-0.4, -0.2) is 63.5 Å². The lowest BCUT2D eigenvalue weighted by Crippen LogP contribution is -2.37. The maximum absolute atomic E-state index is 5.42. The van der Waals surface area contributed by atoms with Gasteiger partial charge in [0.2, 0.25) is 0 Å². The second-order valence-electron chi connectivity index (χ2n) is 5.29. The van der Waals surface area contributed by atoms with Crippen molar-refractivity contribution in [3.63, 3.8) is 0 Å². The minimum absolute atomic E-state index is 0.225. The molecule has 1 aliphatic rings. The Morgan fingerprint density at radius 3 is 2.06 bits per heavy atom. The molecule has 17 heavy (non-hydrogen) atoms. The molecular formula is C13H28N2O2. The van der Waals surface area contributed by atoms with E-state index in [4.69, 9.17) is 9.47 Å². The fourth-order valence-corrected chi connectivity index (χ4v) is 2.14. The Morgan fingerprint density at radius 2 is 1.65 bits per heavy atom. The largest absolute Gasteiger partial charge is 0.377 e. The van der Waals surface area contributed by atoms with E-state index in [2.05, 4.69) is 31.0 Å². The quantitative estimate of drug-likeness (QED) is 0.723. The molecule has 1 fully saturated rings. The highest BCUT2D eigenvalue weighted by Gasteiger charge is 2.32. The Labute approximate surface area is 106 Å². The van der Waals surface area contributed by atoms with Crippen molar-refractivity contribution in [2.45, 2.75) is 39.0 Å². The Bertz CT molecular complexity index is 200. The molecule has 0 spiro atoms. The summed E-state index contributed by atoms with van der Waals surface area (Å²) >= 11 is 0. The van der Waals surface area contributed by atoms with Crippen molar-refractivity contribution in [1.29, 1.82) is 0 Å². The topological polar surface area (TPSA) is 33.7 Å². The number of likely N-dealkylation sites (tertiary alicyclic amines) is 1. The Kier molecular flexibility index (Phi) is 6.41. The highest BCUT2D eigenvalue weighted by molar-refractivity contribution is 4.86. The molecular weight excluding hydrogens is 216 g/mol. The molecule has 4 heteroatoms. The van der Waals surface area contributed by atoms with E-state index in [1.165, 1.54) is 0 Å². The number of nitrogens with zero attached hydrogens (tertiary/aromatic N) is 1. The predicted molar refractivity (Wildman–Crippen MR) is 70.3 cm³/mol. The Hall–Kier alpha value is -0.160. The van der Waals surface area contributed by atoms with E-state index >= 15 is 0 Å². The number of methoxy groups -OCH3 is 2. The van der Waals surface area contributed by atoms with Crippen molar-refractivity contribution in [3.8, 4) is 0 Å². The number of ether oxygens (including phenoxy) is 2. The van der Waals surface area contributed by atoms with Gasteiger partial charge in [-0.15, -0.1) is 0 Å². The molecule has 0 aliphatic carbocycles. The third-order valence-corrected chi connectivity index (χ3v) is 3.79. The summed E-state index contributed by atoms with van der Waals surface area (Å²) in [6, 6.07) is 0.578. The van der Waals surface area contributed by atoms with Gasteiger partial charge in [0.25, 0.3) is 0 Å². The van der Waals surface area contributed by atoms with Gasteiger partial charge in [0.15, 0.2) is 0 Å². The zero-order valence-electron chi connectivity index (χ0n) is 11.9. The van der Waals surface area contributed by atoms with Crippen molar-refractivity contribution < 1.29 is 9.47 Å². The summed E-state index contributed by atoms with van der Waals surface area (Å²) in [5.41, 5.74) is 0. The minimum atomic E-state index is 0.225. The van der Waals surface area contributed by atoms with Crippen LogP contribution in [0.1, 0.15) is 20.8 Å². The van der Waals surface area contributed by atoms with Crippen LogP contribution in [-0.2, 0) is 9.47 Å². The minimum Gasteiger partial charge on any atom is -0.377 e. The summed E-state index contributed by atoms with van der Waals surface area (Å²) in [6.07, 6.45) is 0.449. The molecule has 3 atom stereocenters. The van der Waals surface area contributed by atoms with Crippen molar-refractivity contribution in [3.05, 3.63) is 0 Å². The van der Waals surface area contributed by atoms with E-state index in [1.54, 1.807) is 14.2 Å². The molecule has 102 valence electrons. The first-order chi connectivity index (χ1) is 8.08. The molecule has 1 aliphatic heterocycles. The van der Waals surface area contributed by atoms with Crippen LogP contribution < -0.4 is 5.32 Å². The zero-order valence-corrected chi connectivity index (χ0v) is 11.9. The third kappa shape index (κ3) is 4.54. The Morgan fingerprint density at radius 1 is 1.12 bits per heavy atom. The van der Waals surface area contributed by atoms with Crippen LogP contribution in [0.4, 0.5) is 0 Å². The monoisotopic (exact) mass is 244 g/mol. The van der Waals surface area contributed by atoms with Gasteiger partial charge in [-0.2, -0.15) is 0 Å². The lowest BCUT2D eigenvalue weighted by Gasteiger charge is -2.20. The van der Waals surface area contributed by atoms with E-state index in [1.807, 2.05) is 0 Å². The summed E-state index contributed by atoms with van der Waals surface area (Å²) in [5.74, 6) is 0.687. The van der Waals surface area contributed by atoms with Crippen LogP contribution in [0.2, 0.25) is 0 Å². The summed E-state index contributed by atoms with van der Waals surface area (Å²) in [5, 5.41) is 3.55. The van der Waals surface area contributed by atoms with Crippen molar-refractivity contribution >= 4 is 0 Å². The second-order valence-corrected chi connectivity index (χ2v) is 5.29. The highest BCUT2D eigenvalue weighted by Crippen LogP contribution is 2.14. The average molecular weight is 244 g/mol. The molecule has 1 rings (SSSR count). The molecule has 0 bridgehead atoms. The number of hydrogen-bond acceptors (Lipinski definition) is 4. The van der Waals surface area contributed by atoms with Crippen molar-refractivity contribution in [2.75, 3.05) is 40.4 Å². The van der Waals surface area contributed by atoms with Crippen LogP contribution in [0.15, 0.2) is 0 Å². The van der Waals surface area contributed by atoms with Gasteiger partial charge in [0.1, 0.15) is 0 Å². The van der Waals surface area contributed by atoms with Gasteiger partial charge in [-0.1, -0.05) is 13.8 Å². The van der Waals surface area contributed by atoms with Crippen molar-refractivity contribution in [2.24, 2.45) is 5.92 Å². The highest BCUT2D eigenvalue weighted by atomic mass is 16.5. The molecule has 0 saturated carbocycles. The first-order valence-electron chi connectivity index (χ1n) is 6.59. The number of nitrogens with one attached hydrogen (secondary N) is 1. The van der Waals surface area contributed by atoms with Crippen LogP contribution in [0, 0.1) is 5.92 Å². The lowest BCUT2D eigenvalue weighted by molar-refractivity contribution is -0.00461. The van der Waals surface area contributed by atoms with Gasteiger partial charge in [-0.05, 0) is 12.8 Å². The fourth-order valence-electron chi connectivity index (χ4n) is 2.14. The first kappa shape index (κ1) is 14.9. The normalized spacial score (nSPS) is 27.9. The van der Waals surface area contributed by atoms with Crippen LogP contribution in [0.25, 0.3) is 0 Å². The summed E-state index contributed by atoms with van der Waals surface area (Å²) in [7, 11) is 3.53.